The van der Waals surface area contributed by atoms with Crippen molar-refractivity contribution in [3.63, 3.8) is 0 Å². The molecule has 0 bridgehead atoms. The first-order valence-electron chi connectivity index (χ1n) is 7.86. The molecule has 1 aliphatic rings. The van der Waals surface area contributed by atoms with Gasteiger partial charge >= 0.3 is 6.03 Å². The van der Waals surface area contributed by atoms with Crippen molar-refractivity contribution in [1.82, 2.24) is 10.2 Å². The van der Waals surface area contributed by atoms with Gasteiger partial charge in [0.1, 0.15) is 17.9 Å². The molecule has 3 rings (SSSR count). The van der Waals surface area contributed by atoms with Crippen molar-refractivity contribution in [2.24, 2.45) is 0 Å². The van der Waals surface area contributed by atoms with E-state index in [1.54, 1.807) is 0 Å². The second-order valence-electron chi connectivity index (χ2n) is 6.13. The van der Waals surface area contributed by atoms with Crippen LogP contribution in [0.15, 0.2) is 42.5 Å². The summed E-state index contributed by atoms with van der Waals surface area (Å²) < 4.78 is 39.5. The highest BCUT2D eigenvalue weighted by atomic mass is 19.2. The van der Waals surface area contributed by atoms with Crippen molar-refractivity contribution in [3.8, 4) is 0 Å². The molecule has 4 amide bonds. The van der Waals surface area contributed by atoms with Gasteiger partial charge in [-0.05, 0) is 48.9 Å². The van der Waals surface area contributed by atoms with Gasteiger partial charge in [0.2, 0.25) is 5.91 Å². The van der Waals surface area contributed by atoms with Crippen LogP contribution in [0.3, 0.4) is 0 Å². The van der Waals surface area contributed by atoms with Crippen molar-refractivity contribution in [2.45, 2.75) is 12.5 Å². The number of nitrogens with zero attached hydrogens (tertiary/aromatic N) is 1. The molecule has 2 aromatic carbocycles. The Bertz CT molecular complexity index is 933. The third-order valence-corrected chi connectivity index (χ3v) is 4.20. The van der Waals surface area contributed by atoms with E-state index in [0.717, 1.165) is 24.3 Å². The molecule has 1 aliphatic heterocycles. The molecule has 6 nitrogen and oxygen atoms in total. The molecule has 140 valence electrons. The molecule has 2 N–H and O–H groups in total. The van der Waals surface area contributed by atoms with Gasteiger partial charge in [-0.1, -0.05) is 6.07 Å². The van der Waals surface area contributed by atoms with E-state index >= 15 is 0 Å². The smallest absolute Gasteiger partial charge is 0.325 e. The fourth-order valence-corrected chi connectivity index (χ4v) is 2.72. The Balaban J connectivity index is 1.76. The number of amides is 4. The Kier molecular flexibility index (Phi) is 4.61. The highest BCUT2D eigenvalue weighted by molar-refractivity contribution is 6.10. The summed E-state index contributed by atoms with van der Waals surface area (Å²) in [5.41, 5.74) is -1.31. The molecule has 0 radical (unpaired) electrons. The van der Waals surface area contributed by atoms with Gasteiger partial charge in [0.25, 0.3) is 5.91 Å². The summed E-state index contributed by atoms with van der Waals surface area (Å²) in [5, 5.41) is 4.82. The third kappa shape index (κ3) is 3.48. The number of imide groups is 1. The lowest BCUT2D eigenvalue weighted by Gasteiger charge is -2.22. The first kappa shape index (κ1) is 18.4. The minimum absolute atomic E-state index is 0.0428. The standard InChI is InChI=1S/C18H14F3N3O3/c1-18(10-2-7-13(20)14(21)8-10)16(26)24(17(27)23-18)9-15(25)22-12-5-3-11(19)4-6-12/h2-8H,9H2,1H3,(H,22,25)(H,23,27). The Morgan fingerprint density at radius 1 is 1.07 bits per heavy atom. The van der Waals surface area contributed by atoms with Crippen molar-refractivity contribution >= 4 is 23.5 Å². The number of hydrogen-bond donors (Lipinski definition) is 2. The number of anilines is 1. The summed E-state index contributed by atoms with van der Waals surface area (Å²) in [4.78, 5) is 37.6. The Hall–Kier alpha value is -3.36. The lowest BCUT2D eigenvalue weighted by atomic mass is 9.92. The SMILES string of the molecule is CC1(c2ccc(F)c(F)c2)NC(=O)N(CC(=O)Nc2ccc(F)cc2)C1=O. The first-order chi connectivity index (χ1) is 12.7. The van der Waals surface area contributed by atoms with Crippen LogP contribution in [-0.4, -0.2) is 29.3 Å². The number of carbonyl (C=O) groups excluding carboxylic acids is 3. The van der Waals surface area contributed by atoms with Crippen molar-refractivity contribution in [3.05, 3.63) is 65.5 Å². The van der Waals surface area contributed by atoms with Crippen molar-refractivity contribution in [2.75, 3.05) is 11.9 Å². The van der Waals surface area contributed by atoms with E-state index in [4.69, 9.17) is 0 Å². The molecule has 0 saturated carbocycles. The van der Waals surface area contributed by atoms with E-state index < -0.39 is 47.4 Å². The average molecular weight is 377 g/mol. The van der Waals surface area contributed by atoms with E-state index in [-0.39, 0.29) is 11.3 Å². The molecular formula is C18H14F3N3O3. The van der Waals surface area contributed by atoms with Crippen LogP contribution in [-0.2, 0) is 15.1 Å². The predicted octanol–water partition coefficient (Wildman–Crippen LogP) is 2.51. The van der Waals surface area contributed by atoms with Gasteiger partial charge in [0.15, 0.2) is 11.6 Å². The normalized spacial score (nSPS) is 19.2. The summed E-state index contributed by atoms with van der Waals surface area (Å²) in [6.45, 7) is 0.735. The first-order valence-corrected chi connectivity index (χ1v) is 7.86. The molecule has 1 unspecified atom stereocenters. The highest BCUT2D eigenvalue weighted by Gasteiger charge is 2.49. The van der Waals surface area contributed by atoms with Gasteiger partial charge in [0, 0.05) is 5.69 Å². The fraction of sp³-hybridized carbons (Fsp3) is 0.167. The van der Waals surface area contributed by atoms with Crippen LogP contribution in [0.4, 0.5) is 23.7 Å². The molecule has 1 atom stereocenters. The summed E-state index contributed by atoms with van der Waals surface area (Å²) in [5.74, 6) is -4.20. The Morgan fingerprint density at radius 2 is 1.74 bits per heavy atom. The van der Waals surface area contributed by atoms with E-state index in [1.165, 1.54) is 25.1 Å². The van der Waals surface area contributed by atoms with Crippen LogP contribution in [0.2, 0.25) is 0 Å². The molecule has 0 aromatic heterocycles. The van der Waals surface area contributed by atoms with Crippen molar-refractivity contribution < 1.29 is 27.6 Å². The van der Waals surface area contributed by atoms with Crippen LogP contribution >= 0.6 is 0 Å². The topological polar surface area (TPSA) is 78.5 Å². The molecule has 0 spiro atoms. The largest absolute Gasteiger partial charge is 0.325 e. The summed E-state index contributed by atoms with van der Waals surface area (Å²) in [7, 11) is 0. The molecule has 1 saturated heterocycles. The van der Waals surface area contributed by atoms with E-state index in [0.29, 0.717) is 4.90 Å². The zero-order valence-electron chi connectivity index (χ0n) is 14.1. The van der Waals surface area contributed by atoms with Gasteiger partial charge in [-0.3, -0.25) is 14.5 Å². The monoisotopic (exact) mass is 377 g/mol. The van der Waals surface area contributed by atoms with Crippen LogP contribution in [0.25, 0.3) is 0 Å². The maximum atomic E-state index is 13.5. The average Bonchev–Trinajstić information content (AvgIpc) is 2.83. The summed E-state index contributed by atoms with van der Waals surface area (Å²) in [6, 6.07) is 6.93. The fourth-order valence-electron chi connectivity index (χ4n) is 2.72. The maximum absolute atomic E-state index is 13.5. The van der Waals surface area contributed by atoms with Crippen LogP contribution < -0.4 is 10.6 Å². The zero-order valence-corrected chi connectivity index (χ0v) is 14.1. The Labute approximate surface area is 152 Å². The highest BCUT2D eigenvalue weighted by Crippen LogP contribution is 2.29. The van der Waals surface area contributed by atoms with Crippen LogP contribution in [0.1, 0.15) is 12.5 Å². The third-order valence-electron chi connectivity index (χ3n) is 4.20. The minimum Gasteiger partial charge on any atom is -0.325 e. The number of halogens is 3. The lowest BCUT2D eigenvalue weighted by molar-refractivity contribution is -0.133. The van der Waals surface area contributed by atoms with Crippen LogP contribution in [0, 0.1) is 17.5 Å². The molecule has 2 aromatic rings. The van der Waals surface area contributed by atoms with E-state index in [9.17, 15) is 27.6 Å². The van der Waals surface area contributed by atoms with Gasteiger partial charge in [0.05, 0.1) is 0 Å². The van der Waals surface area contributed by atoms with Gasteiger partial charge in [-0.25, -0.2) is 18.0 Å². The van der Waals surface area contributed by atoms with Gasteiger partial charge in [-0.15, -0.1) is 0 Å². The number of rotatable bonds is 4. The minimum atomic E-state index is -1.64. The number of carbonyl (C=O) groups is 3. The molecule has 27 heavy (non-hydrogen) atoms. The van der Waals surface area contributed by atoms with Crippen LogP contribution in [0.5, 0.6) is 0 Å². The van der Waals surface area contributed by atoms with E-state index in [2.05, 4.69) is 10.6 Å². The second-order valence-corrected chi connectivity index (χ2v) is 6.13. The lowest BCUT2D eigenvalue weighted by Crippen LogP contribution is -2.42. The quantitative estimate of drug-likeness (QED) is 0.804. The number of benzene rings is 2. The summed E-state index contributed by atoms with van der Waals surface area (Å²) >= 11 is 0. The second kappa shape index (κ2) is 6.75. The number of nitrogens with one attached hydrogen (secondary N) is 2. The van der Waals surface area contributed by atoms with Crippen molar-refractivity contribution in [1.29, 1.82) is 0 Å². The molecular weight excluding hydrogens is 363 g/mol. The Morgan fingerprint density at radius 3 is 2.37 bits per heavy atom. The van der Waals surface area contributed by atoms with Gasteiger partial charge < -0.3 is 10.6 Å². The summed E-state index contributed by atoms with van der Waals surface area (Å²) in [6.07, 6.45) is 0. The molecule has 1 heterocycles. The zero-order chi connectivity index (χ0) is 19.8. The molecule has 9 heteroatoms. The number of urea groups is 1. The molecule has 0 aliphatic carbocycles. The number of hydrogen-bond acceptors (Lipinski definition) is 3. The van der Waals surface area contributed by atoms with E-state index in [1.807, 2.05) is 0 Å². The van der Waals surface area contributed by atoms with Gasteiger partial charge in [-0.2, -0.15) is 0 Å². The maximum Gasteiger partial charge on any atom is 0.325 e. The molecule has 1 fully saturated rings. The predicted molar refractivity (Wildman–Crippen MR) is 89.0 cm³/mol.